The van der Waals surface area contributed by atoms with Gasteiger partial charge in [-0.15, -0.1) is 16.9 Å². The van der Waals surface area contributed by atoms with Crippen molar-refractivity contribution in [2.75, 3.05) is 11.1 Å². The lowest BCUT2D eigenvalue weighted by Crippen LogP contribution is -1.96. The van der Waals surface area contributed by atoms with Crippen LogP contribution in [-0.4, -0.2) is 27.5 Å². The van der Waals surface area contributed by atoms with E-state index in [2.05, 4.69) is 36.3 Å². The molecule has 2 N–H and O–H groups in total. The van der Waals surface area contributed by atoms with Gasteiger partial charge in [0.25, 0.3) is 0 Å². The van der Waals surface area contributed by atoms with Gasteiger partial charge >= 0.3 is 0 Å². The second-order valence-electron chi connectivity index (χ2n) is 6.89. The number of anilines is 1. The van der Waals surface area contributed by atoms with E-state index in [0.29, 0.717) is 34.4 Å². The smallest absolute Gasteiger partial charge is 0.212 e. The fourth-order valence-corrected chi connectivity index (χ4v) is 4.30. The van der Waals surface area contributed by atoms with Gasteiger partial charge in [0.05, 0.1) is 0 Å². The van der Waals surface area contributed by atoms with Crippen LogP contribution in [0.2, 0.25) is 10.0 Å². The number of benzene rings is 2. The highest BCUT2D eigenvalue weighted by Gasteiger charge is 2.12. The van der Waals surface area contributed by atoms with Gasteiger partial charge in [0.2, 0.25) is 6.41 Å². The number of halogens is 2. The van der Waals surface area contributed by atoms with Crippen molar-refractivity contribution in [2.24, 2.45) is 0 Å². The van der Waals surface area contributed by atoms with Crippen LogP contribution in [0.15, 0.2) is 53.6 Å². The molecule has 0 unspecified atom stereocenters. The Morgan fingerprint density at radius 1 is 1.16 bits per heavy atom. The van der Waals surface area contributed by atoms with Crippen molar-refractivity contribution in [3.63, 3.8) is 0 Å². The topological polar surface area (TPSA) is 75.1 Å². The fraction of sp³-hybridized carbons (Fsp3) is 0.261. The number of phenols is 1. The van der Waals surface area contributed by atoms with Gasteiger partial charge in [-0.2, -0.15) is 5.10 Å². The van der Waals surface area contributed by atoms with Crippen molar-refractivity contribution in [1.29, 1.82) is 0 Å². The van der Waals surface area contributed by atoms with Crippen molar-refractivity contribution >= 4 is 47.2 Å². The minimum Gasteiger partial charge on any atom is -0.508 e. The molecule has 2 aromatic carbocycles. The van der Waals surface area contributed by atoms with Gasteiger partial charge in [0, 0.05) is 27.6 Å². The number of nitrogens with one attached hydrogen (secondary N) is 1. The fourth-order valence-electron chi connectivity index (χ4n) is 2.82. The number of nitrogens with zero attached hydrogens (tertiary/aromatic N) is 2. The first-order valence-corrected chi connectivity index (χ1v) is 11.5. The predicted octanol–water partition coefficient (Wildman–Crippen LogP) is 6.57. The van der Waals surface area contributed by atoms with E-state index in [9.17, 15) is 9.90 Å². The summed E-state index contributed by atoms with van der Waals surface area (Å²) in [6, 6.07) is 13.0. The van der Waals surface area contributed by atoms with E-state index >= 15 is 0 Å². The second-order valence-corrected chi connectivity index (χ2v) is 9.05. The van der Waals surface area contributed by atoms with Crippen LogP contribution in [0.25, 0.3) is 0 Å². The summed E-state index contributed by atoms with van der Waals surface area (Å²) in [5.41, 5.74) is 2.98. The molecule has 5 nitrogen and oxygen atoms in total. The minimum atomic E-state index is 0.272. The monoisotopic (exact) mass is 477 g/mol. The molecule has 0 atom stereocenters. The van der Waals surface area contributed by atoms with Crippen molar-refractivity contribution in [2.45, 2.75) is 38.0 Å². The molecule has 164 valence electrons. The minimum absolute atomic E-state index is 0.272. The number of carbonyl (C=O) groups excluding carboxylic acids is 1. The maximum atomic E-state index is 9.92. The van der Waals surface area contributed by atoms with Crippen LogP contribution in [0, 0.1) is 0 Å². The summed E-state index contributed by atoms with van der Waals surface area (Å²) in [5, 5.41) is 20.8. The van der Waals surface area contributed by atoms with Crippen LogP contribution in [-0.2, 0) is 11.2 Å². The van der Waals surface area contributed by atoms with Crippen LogP contribution < -0.4 is 5.32 Å². The summed E-state index contributed by atoms with van der Waals surface area (Å²) in [5.74, 6) is 2.06. The molecular formula is C23H25Cl2N3O2S. The van der Waals surface area contributed by atoms with E-state index in [1.807, 2.05) is 24.3 Å². The van der Waals surface area contributed by atoms with Gasteiger partial charge in [0.15, 0.2) is 5.82 Å². The number of rotatable bonds is 7. The Morgan fingerprint density at radius 3 is 2.42 bits per heavy atom. The third-order valence-electron chi connectivity index (χ3n) is 4.30. The number of hydrogen-bond donors (Lipinski definition) is 2. The number of hydrogen-bond acceptors (Lipinski definition) is 5. The third kappa shape index (κ3) is 7.73. The zero-order valence-electron chi connectivity index (χ0n) is 17.6. The molecule has 0 spiro atoms. The molecule has 0 aliphatic carbocycles. The first-order valence-electron chi connectivity index (χ1n) is 9.76. The number of aromatic hydroxyl groups is 1. The number of phenolic OH excluding ortho intramolecular Hbond substituents is 1. The van der Waals surface area contributed by atoms with Gasteiger partial charge in [-0.1, -0.05) is 56.1 Å². The molecule has 0 saturated carbocycles. The van der Waals surface area contributed by atoms with E-state index < -0.39 is 0 Å². The standard InChI is InChI=1S/C18H20Cl2OS.C5H5N3O/c1-4-22-13-9-16(19)15(17(20)10-13)8-12-5-6-18(21)14(7-12)11(2)3;9-4-6-5-2-1-3-7-8-5/h5-7,9-11,21H,4,8H2,1-3H3;1-4H,(H,6,8,9). The summed E-state index contributed by atoms with van der Waals surface area (Å²) in [6.45, 7) is 6.23. The Hall–Kier alpha value is -2.28. The Kier molecular flexibility index (Phi) is 10.1. The van der Waals surface area contributed by atoms with E-state index in [1.54, 1.807) is 30.0 Å². The van der Waals surface area contributed by atoms with Crippen molar-refractivity contribution in [1.82, 2.24) is 10.2 Å². The number of carbonyl (C=O) groups is 1. The molecule has 1 amide bonds. The second kappa shape index (κ2) is 12.5. The molecule has 0 aliphatic heterocycles. The molecule has 8 heteroatoms. The molecule has 0 saturated heterocycles. The normalized spacial score (nSPS) is 10.4. The van der Waals surface area contributed by atoms with Gasteiger partial charge in [-0.3, -0.25) is 4.79 Å². The van der Waals surface area contributed by atoms with E-state index in [-0.39, 0.29) is 5.92 Å². The van der Waals surface area contributed by atoms with Crippen LogP contribution in [0.4, 0.5) is 5.82 Å². The van der Waals surface area contributed by atoms with E-state index in [1.165, 1.54) is 6.20 Å². The lowest BCUT2D eigenvalue weighted by atomic mass is 9.96. The van der Waals surface area contributed by atoms with Crippen molar-refractivity contribution in [3.05, 3.63) is 75.4 Å². The SMILES string of the molecule is CCSc1cc(Cl)c(Cc2ccc(O)c(C(C)C)c2)c(Cl)c1.O=CNc1cccnn1. The largest absolute Gasteiger partial charge is 0.508 e. The quantitative estimate of drug-likeness (QED) is 0.297. The molecular weight excluding hydrogens is 453 g/mol. The highest BCUT2D eigenvalue weighted by Crippen LogP contribution is 2.34. The molecule has 0 radical (unpaired) electrons. The molecule has 0 fully saturated rings. The Morgan fingerprint density at radius 2 is 1.87 bits per heavy atom. The highest BCUT2D eigenvalue weighted by atomic mass is 35.5. The lowest BCUT2D eigenvalue weighted by molar-refractivity contribution is -0.105. The van der Waals surface area contributed by atoms with Crippen LogP contribution in [0.3, 0.4) is 0 Å². The molecule has 0 aliphatic rings. The number of amides is 1. The van der Waals surface area contributed by atoms with E-state index in [0.717, 1.165) is 27.3 Å². The average molecular weight is 478 g/mol. The highest BCUT2D eigenvalue weighted by molar-refractivity contribution is 7.99. The molecule has 1 heterocycles. The van der Waals surface area contributed by atoms with Crippen LogP contribution >= 0.6 is 35.0 Å². The molecule has 31 heavy (non-hydrogen) atoms. The first-order chi connectivity index (χ1) is 14.8. The van der Waals surface area contributed by atoms with Gasteiger partial charge < -0.3 is 10.4 Å². The van der Waals surface area contributed by atoms with Gasteiger partial charge in [-0.25, -0.2) is 0 Å². The van der Waals surface area contributed by atoms with Crippen LogP contribution in [0.5, 0.6) is 5.75 Å². The summed E-state index contributed by atoms with van der Waals surface area (Å²) < 4.78 is 0. The van der Waals surface area contributed by atoms with Crippen LogP contribution in [0.1, 0.15) is 43.4 Å². The van der Waals surface area contributed by atoms with E-state index in [4.69, 9.17) is 23.2 Å². The molecule has 0 bridgehead atoms. The molecule has 1 aromatic heterocycles. The Balaban J connectivity index is 0.000000316. The lowest BCUT2D eigenvalue weighted by Gasteiger charge is -2.13. The summed E-state index contributed by atoms with van der Waals surface area (Å²) in [4.78, 5) is 10.9. The molecule has 3 rings (SSSR count). The first kappa shape index (κ1) is 25.0. The summed E-state index contributed by atoms with van der Waals surface area (Å²) in [7, 11) is 0. The van der Waals surface area contributed by atoms with Crippen molar-refractivity contribution in [3.8, 4) is 5.75 Å². The summed E-state index contributed by atoms with van der Waals surface area (Å²) >= 11 is 14.5. The number of thioether (sulfide) groups is 1. The summed E-state index contributed by atoms with van der Waals surface area (Å²) in [6.07, 6.45) is 2.76. The zero-order chi connectivity index (χ0) is 22.8. The average Bonchev–Trinajstić information content (AvgIpc) is 2.73. The van der Waals surface area contributed by atoms with Gasteiger partial charge in [0.1, 0.15) is 5.75 Å². The molecule has 3 aromatic rings. The predicted molar refractivity (Wildman–Crippen MR) is 130 cm³/mol. The maximum Gasteiger partial charge on any atom is 0.212 e. The zero-order valence-corrected chi connectivity index (χ0v) is 19.9. The maximum absolute atomic E-state index is 9.92. The third-order valence-corrected chi connectivity index (χ3v) is 5.83. The Bertz CT molecular complexity index is 978. The van der Waals surface area contributed by atoms with Crippen molar-refractivity contribution < 1.29 is 9.90 Å². The Labute approximate surface area is 197 Å². The van der Waals surface area contributed by atoms with Gasteiger partial charge in [-0.05, 0) is 58.7 Å². The number of aromatic nitrogens is 2.